The van der Waals surface area contributed by atoms with Gasteiger partial charge in [-0.3, -0.25) is 0 Å². The zero-order valence-electron chi connectivity index (χ0n) is 43.1. The number of hydrogen-bond donors (Lipinski definition) is 0. The molecule has 0 N–H and O–H groups in total. The molecule has 0 atom stereocenters. The summed E-state index contributed by atoms with van der Waals surface area (Å²) in [5.74, 6) is 0. The Morgan fingerprint density at radius 3 is 1.29 bits per heavy atom. The minimum atomic E-state index is 0. The van der Waals surface area contributed by atoms with Gasteiger partial charge in [0.25, 0.3) is 0 Å². The van der Waals surface area contributed by atoms with Gasteiger partial charge in [-0.2, -0.15) is 0 Å². The van der Waals surface area contributed by atoms with Gasteiger partial charge < -0.3 is 19.4 Å². The minimum Gasteiger partial charge on any atom is -0.457 e. The van der Waals surface area contributed by atoms with E-state index >= 15 is 0 Å². The van der Waals surface area contributed by atoms with Crippen LogP contribution < -0.4 is 0 Å². The van der Waals surface area contributed by atoms with Crippen molar-refractivity contribution < 1.29 is 24.5 Å². The molecule has 376 valence electrons. The second-order valence-corrected chi connectivity index (χ2v) is 19.6. The van der Waals surface area contributed by atoms with Crippen molar-refractivity contribution in [3.63, 3.8) is 0 Å². The largest absolute Gasteiger partial charge is 3.00 e. The van der Waals surface area contributed by atoms with Crippen molar-refractivity contribution in [1.29, 1.82) is 0 Å². The second kappa shape index (κ2) is 21.9. The fourth-order valence-electron chi connectivity index (χ4n) is 11.0. The molecule has 14 rings (SSSR count). The van der Waals surface area contributed by atoms with Crippen LogP contribution in [0, 0.1) is 18.2 Å². The quantitative estimate of drug-likeness (QED) is 0.121. The maximum absolute atomic E-state index is 6.37. The van der Waals surface area contributed by atoms with E-state index in [1.807, 2.05) is 73.2 Å². The van der Waals surface area contributed by atoms with E-state index < -0.39 is 0 Å². The van der Waals surface area contributed by atoms with Crippen LogP contribution in [0.25, 0.3) is 145 Å². The van der Waals surface area contributed by atoms with Crippen molar-refractivity contribution in [1.82, 2.24) is 15.0 Å². The van der Waals surface area contributed by atoms with Crippen LogP contribution in [0.2, 0.25) is 0 Å². The Labute approximate surface area is 478 Å². The third-order valence-electron chi connectivity index (χ3n) is 14.9. The molecule has 5 heteroatoms. The molecule has 0 bridgehead atoms. The number of rotatable bonds is 11. The Hall–Kier alpha value is -9.90. The summed E-state index contributed by atoms with van der Waals surface area (Å²) in [6, 6.07) is 103. The topological polar surface area (TPSA) is 51.8 Å². The Bertz CT molecular complexity index is 4360. The number of hydrogen-bond acceptors (Lipinski definition) is 4. The molecule has 4 aromatic heterocycles. The van der Waals surface area contributed by atoms with Gasteiger partial charge in [-0.15, -0.1) is 83.4 Å². The van der Waals surface area contributed by atoms with E-state index in [0.29, 0.717) is 0 Å². The van der Waals surface area contributed by atoms with E-state index in [2.05, 4.69) is 234 Å². The predicted octanol–water partition coefficient (Wildman–Crippen LogP) is 19.5. The fourth-order valence-corrected chi connectivity index (χ4v) is 11.0. The van der Waals surface area contributed by atoms with Crippen LogP contribution >= 0.6 is 0 Å². The smallest absolute Gasteiger partial charge is 0.457 e. The summed E-state index contributed by atoms with van der Waals surface area (Å²) in [5, 5.41) is 2.00. The molecule has 0 radical (unpaired) electrons. The van der Waals surface area contributed by atoms with E-state index in [4.69, 9.17) is 9.40 Å². The molecule has 4 heterocycles. The van der Waals surface area contributed by atoms with E-state index in [1.165, 1.54) is 5.56 Å². The first kappa shape index (κ1) is 49.7. The van der Waals surface area contributed by atoms with Gasteiger partial charge in [0, 0.05) is 29.4 Å². The minimum absolute atomic E-state index is 0. The monoisotopic (exact) mass is 1200 g/mol. The summed E-state index contributed by atoms with van der Waals surface area (Å²) in [6.07, 6.45) is 5.47. The van der Waals surface area contributed by atoms with Crippen LogP contribution in [0.5, 0.6) is 0 Å². The van der Waals surface area contributed by atoms with Gasteiger partial charge in [0.15, 0.2) is 0 Å². The SMILES string of the molecule is [Ir+3].[c-]1cc(-c2ccccc2-c2cc(-c3ccccc3-c3c[c-]c(-c4ccccn4)cc3)cc(-c3ccccc3-c3c[c-]c(-c4nccc5oc6ccccc6c45)cc3-c3ccc(-c4ccccc4)cc3)c2)ccc1-c1ccccn1. The van der Waals surface area contributed by atoms with Crippen LogP contribution in [-0.4, -0.2) is 15.0 Å². The Morgan fingerprint density at radius 1 is 0.275 bits per heavy atom. The number of fused-ring (bicyclic) bond motifs is 3. The van der Waals surface area contributed by atoms with Crippen LogP contribution in [0.4, 0.5) is 0 Å². The first-order chi connectivity index (χ1) is 39.2. The third kappa shape index (κ3) is 9.56. The van der Waals surface area contributed by atoms with Gasteiger partial charge in [0.05, 0.1) is 0 Å². The van der Waals surface area contributed by atoms with Crippen molar-refractivity contribution in [3.8, 4) is 123 Å². The standard InChI is InChI=1S/C75H46N3O.Ir/c1-2-16-50(17-3-1)51-28-30-54(31-29-51)69-49-57(75-74-68-24-10-11-27-72(68)79-73(74)42-45-78-75)40-41-67(69)66-23-9-8-22-65(66)60-47-58(63-20-6-4-18-61(63)52-32-36-55(37-33-52)70-25-12-14-43-76-70)46-59(48-60)64-21-7-5-19-62(64)53-34-38-56(39-35-53)71-26-13-15-44-77-71;/h1-36,38,41-49H;/q-3;+3. The summed E-state index contributed by atoms with van der Waals surface area (Å²) in [4.78, 5) is 14.2. The van der Waals surface area contributed by atoms with Crippen molar-refractivity contribution in [3.05, 3.63) is 298 Å². The molecule has 0 saturated heterocycles. The average molecular weight is 1200 g/mol. The molecular weight excluding hydrogens is 1150 g/mol. The molecule has 80 heavy (non-hydrogen) atoms. The molecule has 0 saturated carbocycles. The Kier molecular flexibility index (Phi) is 13.6. The van der Waals surface area contributed by atoms with Gasteiger partial charge in [0.1, 0.15) is 11.2 Å². The predicted molar refractivity (Wildman–Crippen MR) is 323 cm³/mol. The maximum Gasteiger partial charge on any atom is 3.00 e. The first-order valence-electron chi connectivity index (χ1n) is 26.5. The zero-order chi connectivity index (χ0) is 52.5. The molecule has 0 amide bonds. The molecule has 0 aliphatic heterocycles. The molecule has 10 aromatic carbocycles. The van der Waals surface area contributed by atoms with Crippen molar-refractivity contribution in [2.24, 2.45) is 0 Å². The van der Waals surface area contributed by atoms with E-state index in [1.54, 1.807) is 0 Å². The third-order valence-corrected chi connectivity index (χ3v) is 14.9. The average Bonchev–Trinajstić information content (AvgIpc) is 4.03. The maximum atomic E-state index is 6.37. The van der Waals surface area contributed by atoms with Crippen LogP contribution in [0.1, 0.15) is 0 Å². The zero-order valence-corrected chi connectivity index (χ0v) is 45.5. The van der Waals surface area contributed by atoms with E-state index in [0.717, 1.165) is 139 Å². The summed E-state index contributed by atoms with van der Waals surface area (Å²) >= 11 is 0. The Morgan fingerprint density at radius 2 is 0.738 bits per heavy atom. The van der Waals surface area contributed by atoms with Crippen molar-refractivity contribution in [2.75, 3.05) is 0 Å². The second-order valence-electron chi connectivity index (χ2n) is 19.6. The van der Waals surface area contributed by atoms with E-state index in [9.17, 15) is 0 Å². The normalized spacial score (nSPS) is 11.2. The van der Waals surface area contributed by atoms with Crippen LogP contribution in [-0.2, 0) is 20.1 Å². The Balaban J connectivity index is 0.00000605. The molecule has 0 aliphatic rings. The van der Waals surface area contributed by atoms with E-state index in [-0.39, 0.29) is 20.1 Å². The molecule has 0 fully saturated rings. The molecule has 0 unspecified atom stereocenters. The number of benzene rings is 10. The number of para-hydroxylation sites is 1. The van der Waals surface area contributed by atoms with Crippen LogP contribution in [0.15, 0.2) is 284 Å². The summed E-state index contributed by atoms with van der Waals surface area (Å²) in [6.45, 7) is 0. The summed E-state index contributed by atoms with van der Waals surface area (Å²) in [7, 11) is 0. The van der Waals surface area contributed by atoms with Gasteiger partial charge in [0.2, 0.25) is 0 Å². The van der Waals surface area contributed by atoms with Gasteiger partial charge in [-0.25, -0.2) is 0 Å². The van der Waals surface area contributed by atoms with Gasteiger partial charge in [-0.05, 0) is 110 Å². The summed E-state index contributed by atoms with van der Waals surface area (Å²) in [5.41, 5.74) is 24.5. The van der Waals surface area contributed by atoms with Gasteiger partial charge in [-0.1, -0.05) is 209 Å². The van der Waals surface area contributed by atoms with Gasteiger partial charge >= 0.3 is 20.1 Å². The fraction of sp³-hybridized carbons (Fsp3) is 0. The molecular formula is C75H46IrN3O. The first-order valence-corrected chi connectivity index (χ1v) is 26.5. The van der Waals surface area contributed by atoms with Crippen molar-refractivity contribution in [2.45, 2.75) is 0 Å². The molecule has 0 aliphatic carbocycles. The molecule has 0 spiro atoms. The number of furan rings is 1. The molecule has 4 nitrogen and oxygen atoms in total. The van der Waals surface area contributed by atoms with Crippen LogP contribution in [0.3, 0.4) is 0 Å². The van der Waals surface area contributed by atoms with Crippen molar-refractivity contribution >= 4 is 21.9 Å². The number of aromatic nitrogens is 3. The molecule has 14 aromatic rings. The number of nitrogens with zero attached hydrogens (tertiary/aromatic N) is 3. The number of pyridine rings is 3. The summed E-state index contributed by atoms with van der Waals surface area (Å²) < 4.78 is 6.37.